The zero-order valence-corrected chi connectivity index (χ0v) is 19.1. The maximum Gasteiger partial charge on any atom is 0.231 e. The summed E-state index contributed by atoms with van der Waals surface area (Å²) in [4.78, 5) is 4.68. The zero-order valence-electron chi connectivity index (χ0n) is 19.1. The molecule has 32 heavy (non-hydrogen) atoms. The molecule has 4 heterocycles. The highest BCUT2D eigenvalue weighted by molar-refractivity contribution is 5.30. The normalized spacial score (nSPS) is 30.2. The summed E-state index contributed by atoms with van der Waals surface area (Å²) in [5, 5.41) is 12.1. The van der Waals surface area contributed by atoms with Gasteiger partial charge in [0.2, 0.25) is 5.89 Å². The van der Waals surface area contributed by atoms with Gasteiger partial charge in [-0.2, -0.15) is 0 Å². The topological polar surface area (TPSA) is 55.5 Å². The van der Waals surface area contributed by atoms with E-state index in [0.717, 1.165) is 54.6 Å². The molecular weight excluding hydrogens is 400 g/mol. The fourth-order valence-corrected chi connectivity index (χ4v) is 6.46. The van der Waals surface area contributed by atoms with Crippen molar-refractivity contribution in [1.82, 2.24) is 4.98 Å². The Kier molecular flexibility index (Phi) is 6.24. The molecule has 0 radical (unpaired) electrons. The number of benzene rings is 1. The van der Waals surface area contributed by atoms with E-state index in [9.17, 15) is 5.11 Å². The first-order valence-corrected chi connectivity index (χ1v) is 12.4. The third-order valence-electron chi connectivity index (χ3n) is 8.25. The van der Waals surface area contributed by atoms with Crippen LogP contribution in [0.5, 0.6) is 0 Å². The van der Waals surface area contributed by atoms with Crippen molar-refractivity contribution in [2.45, 2.75) is 63.2 Å². The number of quaternary nitrogens is 1. The molecule has 3 saturated heterocycles. The van der Waals surface area contributed by atoms with E-state index < -0.39 is 5.60 Å². The van der Waals surface area contributed by atoms with Gasteiger partial charge in [-0.1, -0.05) is 55.7 Å². The van der Waals surface area contributed by atoms with Crippen LogP contribution in [-0.2, 0) is 16.9 Å². The molecule has 0 amide bonds. The van der Waals surface area contributed by atoms with Gasteiger partial charge in [0.05, 0.1) is 25.9 Å². The number of oxazole rings is 1. The van der Waals surface area contributed by atoms with Gasteiger partial charge in [0.1, 0.15) is 19.2 Å². The molecule has 0 spiro atoms. The number of nitrogens with zero attached hydrogens (tertiary/aromatic N) is 2. The van der Waals surface area contributed by atoms with E-state index in [1.807, 2.05) is 42.6 Å². The average molecular weight is 438 g/mol. The van der Waals surface area contributed by atoms with Crippen LogP contribution in [-0.4, -0.2) is 46.9 Å². The lowest BCUT2D eigenvalue weighted by Gasteiger charge is -2.51. The van der Waals surface area contributed by atoms with E-state index in [1.165, 1.54) is 32.4 Å². The van der Waals surface area contributed by atoms with Gasteiger partial charge < -0.3 is 18.7 Å². The van der Waals surface area contributed by atoms with E-state index in [2.05, 4.69) is 11.6 Å². The predicted molar refractivity (Wildman–Crippen MR) is 124 cm³/mol. The van der Waals surface area contributed by atoms with E-state index in [0.29, 0.717) is 24.5 Å². The second kappa shape index (κ2) is 9.12. The van der Waals surface area contributed by atoms with Gasteiger partial charge in [-0.25, -0.2) is 4.98 Å². The smallest absolute Gasteiger partial charge is 0.231 e. The first kappa shape index (κ1) is 21.9. The van der Waals surface area contributed by atoms with Crippen LogP contribution in [0.4, 0.5) is 0 Å². The minimum absolute atomic E-state index is 0.139. The highest BCUT2D eigenvalue weighted by atomic mass is 16.5. The molecule has 2 atom stereocenters. The molecule has 2 aromatic rings. The van der Waals surface area contributed by atoms with Crippen LogP contribution in [0.25, 0.3) is 0 Å². The molecule has 4 aliphatic rings. The first-order valence-electron chi connectivity index (χ1n) is 12.4. The summed E-state index contributed by atoms with van der Waals surface area (Å²) in [6, 6.07) is 10.0. The van der Waals surface area contributed by atoms with E-state index in [4.69, 9.17) is 9.15 Å². The number of aromatic nitrogens is 1. The van der Waals surface area contributed by atoms with Gasteiger partial charge in [0.25, 0.3) is 0 Å². The van der Waals surface area contributed by atoms with Crippen molar-refractivity contribution >= 4 is 0 Å². The largest absolute Gasteiger partial charge is 0.436 e. The average Bonchev–Trinajstić information content (AvgIpc) is 3.32. The van der Waals surface area contributed by atoms with Crippen LogP contribution in [0.1, 0.15) is 62.2 Å². The summed E-state index contributed by atoms with van der Waals surface area (Å²) < 4.78 is 13.5. The summed E-state index contributed by atoms with van der Waals surface area (Å²) >= 11 is 0. The Balaban J connectivity index is 1.39. The SMILES string of the molecule is C=CCO[C@H]1C[N+]2(Cc3cnc([C@](O)(c4ccccc4)C4CCCCC4)o3)CCC1CC2. The van der Waals surface area contributed by atoms with Crippen molar-refractivity contribution in [3.8, 4) is 0 Å². The Bertz CT molecular complexity index is 897. The number of hydrogen-bond donors (Lipinski definition) is 1. The molecule has 172 valence electrons. The van der Waals surface area contributed by atoms with Crippen molar-refractivity contribution in [1.29, 1.82) is 0 Å². The molecular formula is C27H37N2O3+. The monoisotopic (exact) mass is 437 g/mol. The van der Waals surface area contributed by atoms with Crippen molar-refractivity contribution in [2.24, 2.45) is 11.8 Å². The fourth-order valence-electron chi connectivity index (χ4n) is 6.46. The molecule has 2 bridgehead atoms. The van der Waals surface area contributed by atoms with Crippen molar-refractivity contribution in [3.63, 3.8) is 0 Å². The third kappa shape index (κ3) is 4.07. The number of aliphatic hydroxyl groups is 1. The van der Waals surface area contributed by atoms with Crippen molar-refractivity contribution < 1.29 is 18.7 Å². The number of fused-ring (bicyclic) bond motifs is 3. The van der Waals surface area contributed by atoms with Gasteiger partial charge in [-0.3, -0.25) is 0 Å². The molecule has 6 rings (SSSR count). The van der Waals surface area contributed by atoms with Crippen LogP contribution in [0.15, 0.2) is 53.6 Å². The van der Waals surface area contributed by atoms with Crippen LogP contribution in [0.2, 0.25) is 0 Å². The number of hydrogen-bond acceptors (Lipinski definition) is 4. The summed E-state index contributed by atoms with van der Waals surface area (Å²) in [6.07, 6.45) is 12.0. The molecule has 1 aromatic heterocycles. The van der Waals surface area contributed by atoms with Crippen molar-refractivity contribution in [2.75, 3.05) is 26.2 Å². The molecule has 1 N–H and O–H groups in total. The Labute approximate surface area is 191 Å². The van der Waals surface area contributed by atoms with E-state index >= 15 is 0 Å². The molecule has 1 aliphatic carbocycles. The summed E-state index contributed by atoms with van der Waals surface area (Å²) in [6.45, 7) is 8.61. The van der Waals surface area contributed by atoms with Crippen LogP contribution in [0.3, 0.4) is 0 Å². The highest BCUT2D eigenvalue weighted by Crippen LogP contribution is 2.44. The van der Waals surface area contributed by atoms with Crippen LogP contribution < -0.4 is 0 Å². The second-order valence-electron chi connectivity index (χ2n) is 10.2. The molecule has 4 fully saturated rings. The van der Waals surface area contributed by atoms with Gasteiger partial charge >= 0.3 is 0 Å². The van der Waals surface area contributed by atoms with Crippen LogP contribution in [0, 0.1) is 11.8 Å². The third-order valence-corrected chi connectivity index (χ3v) is 8.25. The van der Waals surface area contributed by atoms with Gasteiger partial charge in [0.15, 0.2) is 11.4 Å². The standard InChI is InChI=1S/C27H37N2O3/c1-2-17-31-25-20-29(15-13-21(25)14-16-29)19-24-18-28-26(32-24)27(30,22-9-5-3-6-10-22)23-11-7-4-8-12-23/h2-3,5-6,9-10,18,21,23,25,30H,1,4,7-8,11-17,19-20H2/q+1/t21?,25-,27-,29?/m0/s1. The summed E-state index contributed by atoms with van der Waals surface area (Å²) in [7, 11) is 0. The lowest BCUT2D eigenvalue weighted by atomic mass is 9.73. The molecule has 3 aliphatic heterocycles. The number of rotatable bonds is 8. The molecule has 5 nitrogen and oxygen atoms in total. The van der Waals surface area contributed by atoms with Gasteiger partial charge in [0, 0.05) is 24.7 Å². The molecule has 5 heteroatoms. The molecule has 0 unspecified atom stereocenters. The van der Waals surface area contributed by atoms with Gasteiger partial charge in [-0.05, 0) is 18.4 Å². The first-order chi connectivity index (χ1) is 15.6. The maximum atomic E-state index is 12.1. The minimum Gasteiger partial charge on any atom is -0.436 e. The van der Waals surface area contributed by atoms with Crippen LogP contribution >= 0.6 is 0 Å². The van der Waals surface area contributed by atoms with E-state index in [1.54, 1.807) is 0 Å². The Morgan fingerprint density at radius 3 is 2.59 bits per heavy atom. The summed E-state index contributed by atoms with van der Waals surface area (Å²) in [5.74, 6) is 2.16. The quantitative estimate of drug-likeness (QED) is 0.476. The Morgan fingerprint density at radius 2 is 1.88 bits per heavy atom. The Hall–Kier alpha value is -1.95. The summed E-state index contributed by atoms with van der Waals surface area (Å²) in [5.41, 5.74) is -0.270. The number of piperidine rings is 3. The highest BCUT2D eigenvalue weighted by Gasteiger charge is 2.48. The number of ether oxygens (including phenoxy) is 1. The lowest BCUT2D eigenvalue weighted by Crippen LogP contribution is -2.63. The molecule has 1 aromatic carbocycles. The zero-order chi connectivity index (χ0) is 22.0. The van der Waals surface area contributed by atoms with Gasteiger partial charge in [-0.15, -0.1) is 6.58 Å². The second-order valence-corrected chi connectivity index (χ2v) is 10.2. The lowest BCUT2D eigenvalue weighted by molar-refractivity contribution is -0.959. The predicted octanol–water partition coefficient (Wildman–Crippen LogP) is 4.80. The molecule has 1 saturated carbocycles. The fraction of sp³-hybridized carbons (Fsp3) is 0.593. The maximum absolute atomic E-state index is 12.1. The Morgan fingerprint density at radius 1 is 1.12 bits per heavy atom. The minimum atomic E-state index is -1.16. The van der Waals surface area contributed by atoms with Crippen molar-refractivity contribution in [3.05, 3.63) is 66.4 Å². The van der Waals surface area contributed by atoms with E-state index in [-0.39, 0.29) is 5.92 Å².